The quantitative estimate of drug-likeness (QED) is 0.901. The van der Waals surface area contributed by atoms with E-state index in [1.165, 1.54) is 24.0 Å². The maximum atomic E-state index is 12.2. The molecule has 2 fully saturated rings. The topological polar surface area (TPSA) is 32.3 Å². The van der Waals surface area contributed by atoms with Crippen LogP contribution < -0.4 is 5.32 Å². The molecule has 1 aromatic rings. The van der Waals surface area contributed by atoms with Crippen molar-refractivity contribution in [2.45, 2.75) is 45.7 Å². The molecule has 1 aromatic carbocycles. The van der Waals surface area contributed by atoms with E-state index in [2.05, 4.69) is 50.4 Å². The van der Waals surface area contributed by atoms with Crippen LogP contribution in [0, 0.1) is 11.8 Å². The molecule has 1 aliphatic carbocycles. The Kier molecular flexibility index (Phi) is 4.03. The SMILES string of the molecule is CC(C)c1ccc(C2NCC(=O)N2CC(C)C2CC2)cc1. The molecular weight excluding hydrogens is 260 g/mol. The minimum atomic E-state index is 0.0555. The summed E-state index contributed by atoms with van der Waals surface area (Å²) in [4.78, 5) is 14.2. The van der Waals surface area contributed by atoms with Crippen LogP contribution in [0.15, 0.2) is 24.3 Å². The third kappa shape index (κ3) is 3.13. The Bertz CT molecular complexity index is 504. The van der Waals surface area contributed by atoms with Gasteiger partial charge in [0, 0.05) is 6.54 Å². The maximum absolute atomic E-state index is 12.2. The zero-order valence-electron chi connectivity index (χ0n) is 13.3. The minimum absolute atomic E-state index is 0.0555. The molecule has 21 heavy (non-hydrogen) atoms. The van der Waals surface area contributed by atoms with E-state index >= 15 is 0 Å². The van der Waals surface area contributed by atoms with E-state index in [1.807, 2.05) is 4.90 Å². The van der Waals surface area contributed by atoms with Gasteiger partial charge in [0.1, 0.15) is 6.17 Å². The molecule has 3 heteroatoms. The average Bonchev–Trinajstić information content (AvgIpc) is 3.26. The Morgan fingerprint density at radius 2 is 1.86 bits per heavy atom. The summed E-state index contributed by atoms with van der Waals surface area (Å²) >= 11 is 0. The molecule has 2 unspecified atom stereocenters. The first-order valence-electron chi connectivity index (χ1n) is 8.19. The van der Waals surface area contributed by atoms with E-state index < -0.39 is 0 Å². The van der Waals surface area contributed by atoms with Crippen LogP contribution in [-0.4, -0.2) is 23.9 Å². The maximum Gasteiger partial charge on any atom is 0.238 e. The molecule has 0 aromatic heterocycles. The molecular formula is C18H26N2O. The highest BCUT2D eigenvalue weighted by Crippen LogP contribution is 2.38. The summed E-state index contributed by atoms with van der Waals surface area (Å²) in [6.07, 6.45) is 2.73. The fourth-order valence-electron chi connectivity index (χ4n) is 3.23. The first kappa shape index (κ1) is 14.6. The summed E-state index contributed by atoms with van der Waals surface area (Å²) in [6, 6.07) is 8.71. The van der Waals surface area contributed by atoms with Crippen LogP contribution in [0.5, 0.6) is 0 Å². The number of nitrogens with one attached hydrogen (secondary N) is 1. The van der Waals surface area contributed by atoms with Gasteiger partial charge in [-0.1, -0.05) is 45.0 Å². The van der Waals surface area contributed by atoms with Crippen molar-refractivity contribution in [3.8, 4) is 0 Å². The largest absolute Gasteiger partial charge is 0.322 e. The van der Waals surface area contributed by atoms with Crippen molar-refractivity contribution in [3.63, 3.8) is 0 Å². The zero-order valence-corrected chi connectivity index (χ0v) is 13.3. The molecule has 3 nitrogen and oxygen atoms in total. The van der Waals surface area contributed by atoms with Crippen LogP contribution in [0.25, 0.3) is 0 Å². The van der Waals surface area contributed by atoms with Crippen LogP contribution in [0.4, 0.5) is 0 Å². The Morgan fingerprint density at radius 1 is 1.19 bits per heavy atom. The molecule has 3 rings (SSSR count). The summed E-state index contributed by atoms with van der Waals surface area (Å²) in [5.74, 6) is 2.23. The predicted molar refractivity (Wildman–Crippen MR) is 84.9 cm³/mol. The highest BCUT2D eigenvalue weighted by atomic mass is 16.2. The molecule has 2 atom stereocenters. The predicted octanol–water partition coefficient (Wildman–Crippen LogP) is 3.29. The first-order valence-corrected chi connectivity index (χ1v) is 8.19. The second kappa shape index (κ2) is 5.80. The van der Waals surface area contributed by atoms with Gasteiger partial charge in [-0.15, -0.1) is 0 Å². The highest BCUT2D eigenvalue weighted by Gasteiger charge is 2.36. The van der Waals surface area contributed by atoms with Gasteiger partial charge >= 0.3 is 0 Å². The lowest BCUT2D eigenvalue weighted by Crippen LogP contribution is -2.34. The third-order valence-corrected chi connectivity index (χ3v) is 4.91. The second-order valence-electron chi connectivity index (χ2n) is 6.97. The molecule has 0 radical (unpaired) electrons. The van der Waals surface area contributed by atoms with Crippen molar-refractivity contribution in [1.82, 2.24) is 10.2 Å². The molecule has 114 valence electrons. The van der Waals surface area contributed by atoms with Crippen molar-refractivity contribution in [1.29, 1.82) is 0 Å². The fourth-order valence-corrected chi connectivity index (χ4v) is 3.23. The summed E-state index contributed by atoms with van der Waals surface area (Å²) in [7, 11) is 0. The van der Waals surface area contributed by atoms with Crippen LogP contribution >= 0.6 is 0 Å². The molecule has 0 spiro atoms. The van der Waals surface area contributed by atoms with Gasteiger partial charge in [0.2, 0.25) is 5.91 Å². The smallest absolute Gasteiger partial charge is 0.238 e. The Balaban J connectivity index is 1.74. The Morgan fingerprint density at radius 3 is 2.43 bits per heavy atom. The van der Waals surface area contributed by atoms with Gasteiger partial charge in [-0.05, 0) is 41.7 Å². The summed E-state index contributed by atoms with van der Waals surface area (Å²) < 4.78 is 0. The molecule has 1 heterocycles. The van der Waals surface area contributed by atoms with E-state index in [4.69, 9.17) is 0 Å². The summed E-state index contributed by atoms with van der Waals surface area (Å²) in [5, 5.41) is 3.36. The number of benzene rings is 1. The molecule has 1 aliphatic heterocycles. The normalized spacial score (nSPS) is 23.9. The molecule has 1 amide bonds. The van der Waals surface area contributed by atoms with Crippen LogP contribution in [0.2, 0.25) is 0 Å². The standard InChI is InChI=1S/C18H26N2O/c1-12(2)14-4-8-16(9-5-14)18-19-10-17(21)20(18)11-13(3)15-6-7-15/h4-5,8-9,12-13,15,18-19H,6-7,10-11H2,1-3H3. The van der Waals surface area contributed by atoms with Crippen LogP contribution in [-0.2, 0) is 4.79 Å². The number of rotatable bonds is 5. The van der Waals surface area contributed by atoms with E-state index in [0.29, 0.717) is 18.4 Å². The highest BCUT2D eigenvalue weighted by molar-refractivity contribution is 5.81. The van der Waals surface area contributed by atoms with Crippen molar-refractivity contribution in [2.75, 3.05) is 13.1 Å². The molecule has 2 aliphatic rings. The number of carbonyl (C=O) groups is 1. The van der Waals surface area contributed by atoms with Gasteiger partial charge < -0.3 is 4.90 Å². The minimum Gasteiger partial charge on any atom is -0.322 e. The lowest BCUT2D eigenvalue weighted by Gasteiger charge is -2.27. The molecule has 1 N–H and O–H groups in total. The average molecular weight is 286 g/mol. The van der Waals surface area contributed by atoms with Gasteiger partial charge in [-0.3, -0.25) is 10.1 Å². The lowest BCUT2D eigenvalue weighted by molar-refractivity contribution is -0.128. The fraction of sp³-hybridized carbons (Fsp3) is 0.611. The number of carbonyl (C=O) groups excluding carboxylic acids is 1. The first-order chi connectivity index (χ1) is 10.1. The number of nitrogens with zero attached hydrogens (tertiary/aromatic N) is 1. The molecule has 0 bridgehead atoms. The number of hydrogen-bond donors (Lipinski definition) is 1. The van der Waals surface area contributed by atoms with Crippen molar-refractivity contribution < 1.29 is 4.79 Å². The van der Waals surface area contributed by atoms with Gasteiger partial charge in [-0.2, -0.15) is 0 Å². The third-order valence-electron chi connectivity index (χ3n) is 4.91. The molecule has 1 saturated carbocycles. The van der Waals surface area contributed by atoms with E-state index in [1.54, 1.807) is 0 Å². The second-order valence-corrected chi connectivity index (χ2v) is 6.97. The van der Waals surface area contributed by atoms with Crippen molar-refractivity contribution >= 4 is 5.91 Å². The van der Waals surface area contributed by atoms with E-state index in [9.17, 15) is 4.79 Å². The van der Waals surface area contributed by atoms with E-state index in [0.717, 1.165) is 12.5 Å². The van der Waals surface area contributed by atoms with Gasteiger partial charge in [0.15, 0.2) is 0 Å². The summed E-state index contributed by atoms with van der Waals surface area (Å²) in [5.41, 5.74) is 2.55. The van der Waals surface area contributed by atoms with E-state index in [-0.39, 0.29) is 12.1 Å². The van der Waals surface area contributed by atoms with Crippen LogP contribution in [0.3, 0.4) is 0 Å². The monoisotopic (exact) mass is 286 g/mol. The zero-order chi connectivity index (χ0) is 15.0. The number of hydrogen-bond acceptors (Lipinski definition) is 2. The number of amides is 1. The van der Waals surface area contributed by atoms with Crippen molar-refractivity contribution in [3.05, 3.63) is 35.4 Å². The summed E-state index contributed by atoms with van der Waals surface area (Å²) in [6.45, 7) is 8.04. The Hall–Kier alpha value is -1.35. The molecule has 1 saturated heterocycles. The van der Waals surface area contributed by atoms with Gasteiger partial charge in [0.05, 0.1) is 6.54 Å². The lowest BCUT2D eigenvalue weighted by atomic mass is 10.0. The Labute approximate surface area is 127 Å². The van der Waals surface area contributed by atoms with Crippen molar-refractivity contribution in [2.24, 2.45) is 11.8 Å². The van der Waals surface area contributed by atoms with Gasteiger partial charge in [-0.25, -0.2) is 0 Å². The van der Waals surface area contributed by atoms with Crippen LogP contribution in [0.1, 0.15) is 56.8 Å². The van der Waals surface area contributed by atoms with Gasteiger partial charge in [0.25, 0.3) is 0 Å².